The second-order valence-electron chi connectivity index (χ2n) is 7.40. The van der Waals surface area contributed by atoms with Crippen LogP contribution < -0.4 is 10.2 Å². The quantitative estimate of drug-likeness (QED) is 0.569. The normalized spacial score (nSPS) is 14.8. The summed E-state index contributed by atoms with van der Waals surface area (Å²) in [6.07, 6.45) is -2.55. The van der Waals surface area contributed by atoms with Gasteiger partial charge in [0.15, 0.2) is 0 Å². The van der Waals surface area contributed by atoms with E-state index in [2.05, 4.69) is 16.4 Å². The number of alkyl halides is 3. The maximum absolute atomic E-state index is 12.8. The Morgan fingerprint density at radius 2 is 2.03 bits per heavy atom. The summed E-state index contributed by atoms with van der Waals surface area (Å²) < 4.78 is 38.3. The molecule has 1 aliphatic heterocycles. The molecule has 32 heavy (non-hydrogen) atoms. The molecule has 10 heteroatoms. The third-order valence-electron chi connectivity index (χ3n) is 5.26. The standard InChI is InChI=1S/C22H22ClF3N4OS/c23-19-11-18(22(24,25)26)13-29-20(19)30-8-5-15(6-9-30)21(31)28-7-10-32-14-17-4-2-1-3-16(17)12-27/h1-4,11,13,15H,5-10,14H2,(H,28,31). The maximum Gasteiger partial charge on any atom is 0.417 e. The molecule has 1 aromatic heterocycles. The molecule has 0 bridgehead atoms. The number of carbonyl (C=O) groups is 1. The molecular weight excluding hydrogens is 461 g/mol. The highest BCUT2D eigenvalue weighted by atomic mass is 35.5. The number of hydrogen-bond acceptors (Lipinski definition) is 5. The van der Waals surface area contributed by atoms with Crippen LogP contribution in [0.25, 0.3) is 0 Å². The van der Waals surface area contributed by atoms with Gasteiger partial charge in [-0.25, -0.2) is 4.98 Å². The molecule has 1 amide bonds. The van der Waals surface area contributed by atoms with Gasteiger partial charge in [0.25, 0.3) is 0 Å². The number of halogens is 4. The number of piperidine rings is 1. The Hall–Kier alpha value is -2.44. The van der Waals surface area contributed by atoms with Gasteiger partial charge in [-0.1, -0.05) is 29.8 Å². The number of nitrogens with one attached hydrogen (secondary N) is 1. The first-order valence-electron chi connectivity index (χ1n) is 10.1. The van der Waals surface area contributed by atoms with Gasteiger partial charge in [-0.2, -0.15) is 30.2 Å². The van der Waals surface area contributed by atoms with Crippen LogP contribution in [0.3, 0.4) is 0 Å². The van der Waals surface area contributed by atoms with Gasteiger partial charge in [-0.05, 0) is 30.5 Å². The summed E-state index contributed by atoms with van der Waals surface area (Å²) in [6.45, 7) is 1.52. The summed E-state index contributed by atoms with van der Waals surface area (Å²) >= 11 is 7.68. The lowest BCUT2D eigenvalue weighted by atomic mass is 9.96. The van der Waals surface area contributed by atoms with Gasteiger partial charge in [0.2, 0.25) is 5.91 Å². The van der Waals surface area contributed by atoms with Gasteiger partial charge in [-0.3, -0.25) is 4.79 Å². The molecule has 1 aliphatic rings. The third-order valence-corrected chi connectivity index (χ3v) is 6.54. The van der Waals surface area contributed by atoms with Crippen molar-refractivity contribution in [3.05, 3.63) is 58.2 Å². The van der Waals surface area contributed by atoms with Gasteiger partial charge in [0.05, 0.1) is 22.2 Å². The van der Waals surface area contributed by atoms with E-state index in [0.717, 1.165) is 23.6 Å². The summed E-state index contributed by atoms with van der Waals surface area (Å²) in [6, 6.07) is 10.5. The lowest BCUT2D eigenvalue weighted by Gasteiger charge is -2.32. The van der Waals surface area contributed by atoms with Crippen molar-refractivity contribution in [3.8, 4) is 6.07 Å². The molecule has 0 atom stereocenters. The van der Waals surface area contributed by atoms with E-state index in [-0.39, 0.29) is 16.8 Å². The number of nitrogens with zero attached hydrogens (tertiary/aromatic N) is 3. The molecule has 3 rings (SSSR count). The van der Waals surface area contributed by atoms with Crippen LogP contribution in [-0.4, -0.2) is 36.3 Å². The van der Waals surface area contributed by atoms with E-state index < -0.39 is 11.7 Å². The predicted molar refractivity (Wildman–Crippen MR) is 120 cm³/mol. The molecule has 0 spiro atoms. The van der Waals surface area contributed by atoms with E-state index in [9.17, 15) is 18.0 Å². The fourth-order valence-electron chi connectivity index (χ4n) is 3.50. The first-order chi connectivity index (χ1) is 15.3. The molecule has 5 nitrogen and oxygen atoms in total. The van der Waals surface area contributed by atoms with Crippen LogP contribution in [0.15, 0.2) is 36.5 Å². The number of pyridine rings is 1. The molecule has 1 fully saturated rings. The van der Waals surface area contributed by atoms with Crippen LogP contribution >= 0.6 is 23.4 Å². The third kappa shape index (κ3) is 6.30. The molecule has 0 radical (unpaired) electrons. The Kier molecular flexibility index (Phi) is 8.26. The van der Waals surface area contributed by atoms with E-state index in [1.54, 1.807) is 17.8 Å². The van der Waals surface area contributed by atoms with E-state index in [4.69, 9.17) is 16.9 Å². The first kappa shape index (κ1) is 24.2. The van der Waals surface area contributed by atoms with Crippen LogP contribution in [-0.2, 0) is 16.7 Å². The molecule has 1 aromatic carbocycles. The largest absolute Gasteiger partial charge is 0.417 e. The lowest BCUT2D eigenvalue weighted by Crippen LogP contribution is -2.41. The number of aromatic nitrogens is 1. The fraction of sp³-hybridized carbons (Fsp3) is 0.409. The van der Waals surface area contributed by atoms with E-state index in [1.807, 2.05) is 23.1 Å². The summed E-state index contributed by atoms with van der Waals surface area (Å²) in [5.41, 5.74) is 0.766. The van der Waals surface area contributed by atoms with Crippen molar-refractivity contribution in [2.45, 2.75) is 24.8 Å². The van der Waals surface area contributed by atoms with Crippen molar-refractivity contribution < 1.29 is 18.0 Å². The minimum Gasteiger partial charge on any atom is -0.355 e. The van der Waals surface area contributed by atoms with Crippen LogP contribution in [0.5, 0.6) is 0 Å². The molecule has 2 heterocycles. The molecule has 0 unspecified atom stereocenters. The lowest BCUT2D eigenvalue weighted by molar-refractivity contribution is -0.137. The average Bonchev–Trinajstić information content (AvgIpc) is 2.78. The van der Waals surface area contributed by atoms with Gasteiger partial charge in [-0.15, -0.1) is 0 Å². The van der Waals surface area contributed by atoms with Crippen LogP contribution in [0.4, 0.5) is 19.0 Å². The van der Waals surface area contributed by atoms with Crippen LogP contribution in [0, 0.1) is 17.2 Å². The zero-order valence-corrected chi connectivity index (χ0v) is 18.7. The minimum atomic E-state index is -4.49. The summed E-state index contributed by atoms with van der Waals surface area (Å²) in [5.74, 6) is 1.58. The number of thioether (sulfide) groups is 1. The second kappa shape index (κ2) is 10.9. The summed E-state index contributed by atoms with van der Waals surface area (Å²) in [5, 5.41) is 12.0. The Balaban J connectivity index is 1.40. The smallest absolute Gasteiger partial charge is 0.355 e. The summed E-state index contributed by atoms with van der Waals surface area (Å²) in [4.78, 5) is 18.2. The number of anilines is 1. The van der Waals surface area contributed by atoms with Crippen molar-refractivity contribution in [1.29, 1.82) is 5.26 Å². The number of rotatable bonds is 7. The molecule has 1 N–H and O–H groups in total. The van der Waals surface area contributed by atoms with Crippen molar-refractivity contribution in [1.82, 2.24) is 10.3 Å². The first-order valence-corrected chi connectivity index (χ1v) is 11.6. The van der Waals surface area contributed by atoms with E-state index in [1.165, 1.54) is 0 Å². The molecule has 1 saturated heterocycles. The Morgan fingerprint density at radius 1 is 1.31 bits per heavy atom. The topological polar surface area (TPSA) is 69.0 Å². The molecule has 0 aliphatic carbocycles. The Bertz CT molecular complexity index is 988. The van der Waals surface area contributed by atoms with Crippen molar-refractivity contribution >= 4 is 35.1 Å². The number of hydrogen-bond donors (Lipinski definition) is 1. The van der Waals surface area contributed by atoms with Crippen molar-refractivity contribution in [2.24, 2.45) is 5.92 Å². The second-order valence-corrected chi connectivity index (χ2v) is 8.91. The Morgan fingerprint density at radius 3 is 2.69 bits per heavy atom. The minimum absolute atomic E-state index is 0.0193. The molecule has 2 aromatic rings. The van der Waals surface area contributed by atoms with Gasteiger partial charge in [0, 0.05) is 43.3 Å². The number of amides is 1. The summed E-state index contributed by atoms with van der Waals surface area (Å²) in [7, 11) is 0. The average molecular weight is 483 g/mol. The van der Waals surface area contributed by atoms with E-state index >= 15 is 0 Å². The SMILES string of the molecule is N#Cc1ccccc1CSCCNC(=O)C1CCN(c2ncc(C(F)(F)F)cc2Cl)CC1. The van der Waals surface area contributed by atoms with Gasteiger partial charge in [0.1, 0.15) is 5.82 Å². The highest BCUT2D eigenvalue weighted by Crippen LogP contribution is 2.34. The highest BCUT2D eigenvalue weighted by molar-refractivity contribution is 7.98. The maximum atomic E-state index is 12.8. The fourth-order valence-corrected chi connectivity index (χ4v) is 4.65. The molecule has 0 saturated carbocycles. The molecular formula is C22H22ClF3N4OS. The Labute approximate surface area is 194 Å². The van der Waals surface area contributed by atoms with Crippen LogP contribution in [0.1, 0.15) is 29.5 Å². The number of carbonyl (C=O) groups excluding carboxylic acids is 1. The molecule has 170 valence electrons. The van der Waals surface area contributed by atoms with Crippen molar-refractivity contribution in [2.75, 3.05) is 30.3 Å². The zero-order valence-electron chi connectivity index (χ0n) is 17.2. The zero-order chi connectivity index (χ0) is 23.1. The van der Waals surface area contributed by atoms with Crippen molar-refractivity contribution in [3.63, 3.8) is 0 Å². The van der Waals surface area contributed by atoms with Crippen LogP contribution in [0.2, 0.25) is 5.02 Å². The number of nitriles is 1. The monoisotopic (exact) mass is 482 g/mol. The van der Waals surface area contributed by atoms with Gasteiger partial charge < -0.3 is 10.2 Å². The van der Waals surface area contributed by atoms with Gasteiger partial charge >= 0.3 is 6.18 Å². The van der Waals surface area contributed by atoms with E-state index in [0.29, 0.717) is 49.6 Å². The highest BCUT2D eigenvalue weighted by Gasteiger charge is 2.33. The predicted octanol–water partition coefficient (Wildman–Crippen LogP) is 4.89. The number of benzene rings is 1.